The second-order valence-corrected chi connectivity index (χ2v) is 10.4. The van der Waals surface area contributed by atoms with Crippen LogP contribution in [0.3, 0.4) is 0 Å². The number of hydrogen-bond donors (Lipinski definition) is 1. The Labute approximate surface area is 174 Å². The summed E-state index contributed by atoms with van der Waals surface area (Å²) in [6.45, 7) is 1.85. The number of sulfonamides is 1. The van der Waals surface area contributed by atoms with Crippen LogP contribution in [0.1, 0.15) is 53.4 Å². The van der Waals surface area contributed by atoms with Crippen molar-refractivity contribution in [2.45, 2.75) is 42.9 Å². The molecule has 2 heterocycles. The number of carboxylic acid groups (broad SMARTS) is 1. The molecular formula is C19H24N4O4S2. The predicted octanol–water partition coefficient (Wildman–Crippen LogP) is 2.79. The standard InChI is InChI=1S/C19H24N4O4S2/c24-18(25)15-6-8-16(9-7-15)29(26,27)23-12-10-22(11-13-23)19-21-20-17(28-19)14-4-2-1-3-5-14/h6-9,14H,1-5,10-13H2,(H,24,25). The fourth-order valence-electron chi connectivity index (χ4n) is 3.91. The SMILES string of the molecule is O=C(O)c1ccc(S(=O)(=O)N2CCN(c3nnc(C4CCCCC4)s3)CC2)cc1. The lowest BCUT2D eigenvalue weighted by molar-refractivity contribution is 0.0696. The normalized spacial score (nSPS) is 19.4. The molecule has 1 aliphatic heterocycles. The molecule has 0 atom stereocenters. The van der Waals surface area contributed by atoms with Crippen LogP contribution < -0.4 is 4.90 Å². The summed E-state index contributed by atoms with van der Waals surface area (Å²) in [5, 5.41) is 19.7. The number of anilines is 1. The molecule has 1 aliphatic carbocycles. The van der Waals surface area contributed by atoms with E-state index in [-0.39, 0.29) is 10.5 Å². The van der Waals surface area contributed by atoms with Crippen LogP contribution in [0.5, 0.6) is 0 Å². The highest BCUT2D eigenvalue weighted by Crippen LogP contribution is 2.36. The summed E-state index contributed by atoms with van der Waals surface area (Å²) in [6.07, 6.45) is 6.17. The van der Waals surface area contributed by atoms with Gasteiger partial charge in [-0.05, 0) is 37.1 Å². The van der Waals surface area contributed by atoms with Gasteiger partial charge in [-0.1, -0.05) is 30.6 Å². The zero-order chi connectivity index (χ0) is 20.4. The summed E-state index contributed by atoms with van der Waals surface area (Å²) < 4.78 is 27.2. The number of piperazine rings is 1. The molecule has 0 radical (unpaired) electrons. The smallest absolute Gasteiger partial charge is 0.335 e. The maximum Gasteiger partial charge on any atom is 0.335 e. The van der Waals surface area contributed by atoms with Crippen LogP contribution in [0.15, 0.2) is 29.2 Å². The van der Waals surface area contributed by atoms with Crippen LogP contribution in [0.25, 0.3) is 0 Å². The van der Waals surface area contributed by atoms with Crippen LogP contribution in [-0.2, 0) is 10.0 Å². The topological polar surface area (TPSA) is 104 Å². The summed E-state index contributed by atoms with van der Waals surface area (Å²) in [4.78, 5) is 13.2. The molecule has 0 unspecified atom stereocenters. The third kappa shape index (κ3) is 4.29. The summed E-state index contributed by atoms with van der Waals surface area (Å²) in [5.74, 6) is -0.558. The molecule has 1 aromatic heterocycles. The Balaban J connectivity index is 1.40. The molecule has 2 aromatic rings. The van der Waals surface area contributed by atoms with Crippen molar-refractivity contribution in [2.24, 2.45) is 0 Å². The Hall–Kier alpha value is -2.04. The maximum absolute atomic E-state index is 12.9. The molecule has 4 rings (SSSR count). The lowest BCUT2D eigenvalue weighted by atomic mass is 9.90. The minimum Gasteiger partial charge on any atom is -0.478 e. The number of hydrogen-bond acceptors (Lipinski definition) is 7. The van der Waals surface area contributed by atoms with E-state index in [9.17, 15) is 13.2 Å². The first-order chi connectivity index (χ1) is 13.9. The number of aromatic nitrogens is 2. The van der Waals surface area contributed by atoms with Gasteiger partial charge in [-0.3, -0.25) is 0 Å². The zero-order valence-corrected chi connectivity index (χ0v) is 17.7. The second kappa shape index (κ2) is 8.37. The van der Waals surface area contributed by atoms with Gasteiger partial charge in [0.2, 0.25) is 15.2 Å². The number of carbonyl (C=O) groups is 1. The lowest BCUT2D eigenvalue weighted by Crippen LogP contribution is -2.48. The van der Waals surface area contributed by atoms with Crippen LogP contribution in [-0.4, -0.2) is 60.2 Å². The Morgan fingerprint density at radius 1 is 1.00 bits per heavy atom. The van der Waals surface area contributed by atoms with Crippen LogP contribution >= 0.6 is 11.3 Å². The van der Waals surface area contributed by atoms with Gasteiger partial charge in [-0.15, -0.1) is 10.2 Å². The molecule has 0 spiro atoms. The molecule has 2 fully saturated rings. The highest BCUT2D eigenvalue weighted by Gasteiger charge is 2.30. The zero-order valence-electron chi connectivity index (χ0n) is 16.0. The number of carboxylic acids is 1. The molecule has 1 saturated heterocycles. The predicted molar refractivity (Wildman–Crippen MR) is 110 cm³/mol. The van der Waals surface area contributed by atoms with E-state index in [1.807, 2.05) is 0 Å². The summed E-state index contributed by atoms with van der Waals surface area (Å²) in [7, 11) is -3.64. The molecule has 0 bridgehead atoms. The largest absolute Gasteiger partial charge is 0.478 e. The average Bonchev–Trinajstić information content (AvgIpc) is 3.25. The number of benzene rings is 1. The summed E-state index contributed by atoms with van der Waals surface area (Å²) in [6, 6.07) is 5.34. The average molecular weight is 437 g/mol. The van der Waals surface area contributed by atoms with Gasteiger partial charge in [-0.25, -0.2) is 13.2 Å². The Kier molecular flexibility index (Phi) is 5.84. The van der Waals surface area contributed by atoms with Crippen molar-refractivity contribution in [3.8, 4) is 0 Å². The summed E-state index contributed by atoms with van der Waals surface area (Å²) >= 11 is 1.64. The van der Waals surface area contributed by atoms with Crippen LogP contribution in [0.2, 0.25) is 0 Å². The minimum atomic E-state index is -3.64. The van der Waals surface area contributed by atoms with Gasteiger partial charge in [0.05, 0.1) is 10.5 Å². The van der Waals surface area contributed by atoms with Gasteiger partial charge in [-0.2, -0.15) is 4.31 Å². The number of nitrogens with zero attached hydrogens (tertiary/aromatic N) is 4. The lowest BCUT2D eigenvalue weighted by Gasteiger charge is -2.33. The number of rotatable bonds is 5. The molecular weight excluding hydrogens is 412 g/mol. The van der Waals surface area contributed by atoms with E-state index >= 15 is 0 Å². The maximum atomic E-state index is 12.9. The van der Waals surface area contributed by atoms with Crippen molar-refractivity contribution >= 4 is 32.5 Å². The molecule has 2 aliphatic rings. The first-order valence-corrected chi connectivity index (χ1v) is 12.1. The van der Waals surface area contributed by atoms with Gasteiger partial charge in [0.1, 0.15) is 5.01 Å². The van der Waals surface area contributed by atoms with Gasteiger partial charge >= 0.3 is 5.97 Å². The van der Waals surface area contributed by atoms with E-state index in [0.717, 1.165) is 10.1 Å². The van der Waals surface area contributed by atoms with Crippen molar-refractivity contribution in [3.63, 3.8) is 0 Å². The first-order valence-electron chi connectivity index (χ1n) is 9.87. The van der Waals surface area contributed by atoms with Gasteiger partial charge in [0, 0.05) is 32.1 Å². The molecule has 8 nitrogen and oxygen atoms in total. The molecule has 156 valence electrons. The van der Waals surface area contributed by atoms with E-state index < -0.39 is 16.0 Å². The van der Waals surface area contributed by atoms with E-state index in [2.05, 4.69) is 15.1 Å². The van der Waals surface area contributed by atoms with Crippen molar-refractivity contribution in [1.82, 2.24) is 14.5 Å². The van der Waals surface area contributed by atoms with Crippen LogP contribution in [0, 0.1) is 0 Å². The summed E-state index contributed by atoms with van der Waals surface area (Å²) in [5.41, 5.74) is 0.0683. The minimum absolute atomic E-state index is 0.0683. The van der Waals surface area contributed by atoms with Crippen molar-refractivity contribution in [2.75, 3.05) is 31.1 Å². The highest BCUT2D eigenvalue weighted by molar-refractivity contribution is 7.89. The van der Waals surface area contributed by atoms with Gasteiger partial charge in [0.15, 0.2) is 0 Å². The molecule has 1 N–H and O–H groups in total. The van der Waals surface area contributed by atoms with E-state index in [1.165, 1.54) is 60.7 Å². The highest BCUT2D eigenvalue weighted by atomic mass is 32.2. The third-order valence-electron chi connectivity index (χ3n) is 5.63. The molecule has 10 heteroatoms. The monoisotopic (exact) mass is 436 g/mol. The van der Waals surface area contributed by atoms with E-state index in [1.54, 1.807) is 11.3 Å². The molecule has 1 aromatic carbocycles. The molecule has 29 heavy (non-hydrogen) atoms. The van der Waals surface area contributed by atoms with Gasteiger partial charge in [0.25, 0.3) is 0 Å². The Morgan fingerprint density at radius 2 is 1.66 bits per heavy atom. The fourth-order valence-corrected chi connectivity index (χ4v) is 6.39. The molecule has 1 saturated carbocycles. The van der Waals surface area contributed by atoms with Crippen molar-refractivity contribution in [1.29, 1.82) is 0 Å². The fraction of sp³-hybridized carbons (Fsp3) is 0.526. The molecule has 0 amide bonds. The number of aromatic carboxylic acids is 1. The first kappa shape index (κ1) is 20.2. The van der Waals surface area contributed by atoms with Crippen LogP contribution in [0.4, 0.5) is 5.13 Å². The van der Waals surface area contributed by atoms with Gasteiger partial charge < -0.3 is 10.0 Å². The van der Waals surface area contributed by atoms with E-state index in [0.29, 0.717) is 32.1 Å². The van der Waals surface area contributed by atoms with E-state index in [4.69, 9.17) is 5.11 Å². The quantitative estimate of drug-likeness (QED) is 0.768. The van der Waals surface area contributed by atoms with Crippen molar-refractivity contribution in [3.05, 3.63) is 34.8 Å². The third-order valence-corrected chi connectivity index (χ3v) is 8.69. The van der Waals surface area contributed by atoms with Crippen molar-refractivity contribution < 1.29 is 18.3 Å². The second-order valence-electron chi connectivity index (χ2n) is 7.48. The Bertz CT molecular complexity index is 960. The Morgan fingerprint density at radius 3 is 2.28 bits per heavy atom.